The minimum atomic E-state index is -0.289. The van der Waals surface area contributed by atoms with Crippen LogP contribution in [0.2, 0.25) is 0 Å². The van der Waals surface area contributed by atoms with E-state index in [9.17, 15) is 4.79 Å². The number of carbonyl (C=O) groups excluding carboxylic acids is 1. The summed E-state index contributed by atoms with van der Waals surface area (Å²) in [6.45, 7) is 2.24. The zero-order valence-electron chi connectivity index (χ0n) is 10.2. The Labute approximate surface area is 104 Å². The van der Waals surface area contributed by atoms with Crippen LogP contribution in [0.15, 0.2) is 11.3 Å². The standard InChI is InChI=1S/C11H15N5O2/c1-8(17)18-6-5-16-11-4-2-3-10(14-15-12)9(11)7-13-16/h7,10H,2-6H2,1H3/t10-/m0/s1. The van der Waals surface area contributed by atoms with Crippen LogP contribution in [-0.4, -0.2) is 22.4 Å². The number of hydrogen-bond donors (Lipinski definition) is 0. The van der Waals surface area contributed by atoms with E-state index in [2.05, 4.69) is 15.1 Å². The number of aromatic nitrogens is 2. The molecule has 96 valence electrons. The van der Waals surface area contributed by atoms with Gasteiger partial charge in [0.1, 0.15) is 6.61 Å². The van der Waals surface area contributed by atoms with Crippen molar-refractivity contribution >= 4 is 5.97 Å². The number of rotatable bonds is 4. The third-order valence-corrected chi connectivity index (χ3v) is 3.03. The SMILES string of the molecule is CC(=O)OCCn1ncc2c1CCC[C@@H]2N=[N+]=[N-]. The first-order valence-corrected chi connectivity index (χ1v) is 5.94. The molecule has 18 heavy (non-hydrogen) atoms. The fourth-order valence-electron chi connectivity index (χ4n) is 2.25. The molecule has 0 saturated carbocycles. The summed E-state index contributed by atoms with van der Waals surface area (Å²) in [5, 5.41) is 8.06. The predicted molar refractivity (Wildman–Crippen MR) is 63.7 cm³/mol. The quantitative estimate of drug-likeness (QED) is 0.354. The van der Waals surface area contributed by atoms with Gasteiger partial charge < -0.3 is 4.74 Å². The lowest BCUT2D eigenvalue weighted by atomic mass is 9.94. The lowest BCUT2D eigenvalue weighted by molar-refractivity contribution is -0.141. The van der Waals surface area contributed by atoms with E-state index in [1.807, 2.05) is 4.68 Å². The molecule has 0 radical (unpaired) electrons. The number of carbonyl (C=O) groups is 1. The van der Waals surface area contributed by atoms with Crippen LogP contribution in [0.5, 0.6) is 0 Å². The van der Waals surface area contributed by atoms with Gasteiger partial charge in [-0.2, -0.15) is 5.10 Å². The highest BCUT2D eigenvalue weighted by Crippen LogP contribution is 2.32. The number of azide groups is 1. The number of nitrogens with zero attached hydrogens (tertiary/aromatic N) is 5. The van der Waals surface area contributed by atoms with Crippen LogP contribution in [0.3, 0.4) is 0 Å². The van der Waals surface area contributed by atoms with Gasteiger partial charge in [0.25, 0.3) is 0 Å². The van der Waals surface area contributed by atoms with Crippen LogP contribution in [0.1, 0.15) is 37.1 Å². The van der Waals surface area contributed by atoms with Gasteiger partial charge in [0, 0.05) is 23.1 Å². The van der Waals surface area contributed by atoms with Crippen molar-refractivity contribution in [1.82, 2.24) is 9.78 Å². The van der Waals surface area contributed by atoms with Gasteiger partial charge in [-0.1, -0.05) is 5.11 Å². The van der Waals surface area contributed by atoms with Crippen molar-refractivity contribution in [2.75, 3.05) is 6.61 Å². The first-order chi connectivity index (χ1) is 8.72. The van der Waals surface area contributed by atoms with Gasteiger partial charge in [-0.25, -0.2) is 0 Å². The first kappa shape index (κ1) is 12.4. The summed E-state index contributed by atoms with van der Waals surface area (Å²) in [6.07, 6.45) is 4.52. The Balaban J connectivity index is 2.10. The Morgan fingerprint density at radius 2 is 2.61 bits per heavy atom. The Kier molecular flexibility index (Phi) is 3.84. The molecule has 1 aromatic heterocycles. The summed E-state index contributed by atoms with van der Waals surface area (Å²) < 4.78 is 6.73. The largest absolute Gasteiger partial charge is 0.464 e. The van der Waals surface area contributed by atoms with Crippen molar-refractivity contribution in [1.29, 1.82) is 0 Å². The number of ether oxygens (including phenoxy) is 1. The highest BCUT2D eigenvalue weighted by molar-refractivity contribution is 5.65. The maximum atomic E-state index is 10.7. The third-order valence-electron chi connectivity index (χ3n) is 3.03. The summed E-state index contributed by atoms with van der Waals surface area (Å²) in [5.74, 6) is -0.289. The summed E-state index contributed by atoms with van der Waals surface area (Å²) in [4.78, 5) is 13.6. The Morgan fingerprint density at radius 1 is 1.78 bits per heavy atom. The number of fused-ring (bicyclic) bond motifs is 1. The molecule has 0 unspecified atom stereocenters. The molecular weight excluding hydrogens is 234 g/mol. The molecule has 1 aliphatic rings. The molecule has 0 amide bonds. The molecule has 0 aromatic carbocycles. The zero-order valence-corrected chi connectivity index (χ0v) is 10.2. The fourth-order valence-corrected chi connectivity index (χ4v) is 2.25. The normalized spacial score (nSPS) is 17.7. The predicted octanol–water partition coefficient (Wildman–Crippen LogP) is 2.13. The maximum absolute atomic E-state index is 10.7. The Morgan fingerprint density at radius 3 is 3.33 bits per heavy atom. The topological polar surface area (TPSA) is 92.9 Å². The van der Waals surface area contributed by atoms with Crippen molar-refractivity contribution in [2.45, 2.75) is 38.8 Å². The van der Waals surface area contributed by atoms with Gasteiger partial charge >= 0.3 is 5.97 Å². The first-order valence-electron chi connectivity index (χ1n) is 5.94. The molecule has 0 fully saturated rings. The Bertz CT molecular complexity index is 490. The molecule has 0 spiro atoms. The molecule has 2 rings (SSSR count). The van der Waals surface area contributed by atoms with E-state index in [1.165, 1.54) is 6.92 Å². The van der Waals surface area contributed by atoms with Gasteiger partial charge in [0.05, 0.1) is 18.8 Å². The van der Waals surface area contributed by atoms with Gasteiger partial charge in [0.15, 0.2) is 0 Å². The summed E-state index contributed by atoms with van der Waals surface area (Å²) in [5.41, 5.74) is 10.6. The molecule has 0 aliphatic heterocycles. The second-order valence-corrected chi connectivity index (χ2v) is 4.22. The Hall–Kier alpha value is -2.01. The summed E-state index contributed by atoms with van der Waals surface area (Å²) in [6, 6.07) is -0.110. The van der Waals surface area contributed by atoms with Crippen molar-refractivity contribution in [3.05, 3.63) is 27.9 Å². The molecule has 0 bridgehead atoms. The summed E-state index contributed by atoms with van der Waals surface area (Å²) >= 11 is 0. The van der Waals surface area contributed by atoms with E-state index in [0.717, 1.165) is 30.5 Å². The van der Waals surface area contributed by atoms with E-state index < -0.39 is 0 Å². The molecule has 1 aromatic rings. The zero-order chi connectivity index (χ0) is 13.0. The van der Waals surface area contributed by atoms with Crippen LogP contribution in [0.4, 0.5) is 0 Å². The highest BCUT2D eigenvalue weighted by atomic mass is 16.5. The van der Waals surface area contributed by atoms with Crippen molar-refractivity contribution in [3.63, 3.8) is 0 Å². The molecule has 7 nitrogen and oxygen atoms in total. The van der Waals surface area contributed by atoms with E-state index in [0.29, 0.717) is 13.2 Å². The molecule has 0 saturated heterocycles. The minimum Gasteiger partial charge on any atom is -0.464 e. The number of hydrogen-bond acceptors (Lipinski definition) is 4. The van der Waals surface area contributed by atoms with E-state index in [1.54, 1.807) is 6.20 Å². The van der Waals surface area contributed by atoms with Gasteiger partial charge in [-0.15, -0.1) is 0 Å². The van der Waals surface area contributed by atoms with Crippen molar-refractivity contribution in [2.24, 2.45) is 5.11 Å². The lowest BCUT2D eigenvalue weighted by Gasteiger charge is -2.19. The van der Waals surface area contributed by atoms with Crippen LogP contribution < -0.4 is 0 Å². The molecule has 7 heteroatoms. The molecule has 0 N–H and O–H groups in total. The highest BCUT2D eigenvalue weighted by Gasteiger charge is 2.23. The van der Waals surface area contributed by atoms with Crippen molar-refractivity contribution in [3.8, 4) is 0 Å². The van der Waals surface area contributed by atoms with Crippen LogP contribution in [0, 0.1) is 0 Å². The molecule has 1 atom stereocenters. The van der Waals surface area contributed by atoms with Crippen LogP contribution >= 0.6 is 0 Å². The minimum absolute atomic E-state index is 0.110. The molecule has 1 aliphatic carbocycles. The molecular formula is C11H15N5O2. The average Bonchev–Trinajstić information content (AvgIpc) is 2.74. The van der Waals surface area contributed by atoms with E-state index in [4.69, 9.17) is 10.3 Å². The summed E-state index contributed by atoms with van der Waals surface area (Å²) in [7, 11) is 0. The monoisotopic (exact) mass is 249 g/mol. The molecule has 1 heterocycles. The second-order valence-electron chi connectivity index (χ2n) is 4.22. The van der Waals surface area contributed by atoms with Gasteiger partial charge in [-0.05, 0) is 24.8 Å². The van der Waals surface area contributed by atoms with E-state index in [-0.39, 0.29) is 12.0 Å². The van der Waals surface area contributed by atoms with E-state index >= 15 is 0 Å². The second kappa shape index (κ2) is 5.55. The smallest absolute Gasteiger partial charge is 0.302 e. The fraction of sp³-hybridized carbons (Fsp3) is 0.636. The van der Waals surface area contributed by atoms with Gasteiger partial charge in [-0.3, -0.25) is 9.48 Å². The van der Waals surface area contributed by atoms with Crippen LogP contribution in [0.25, 0.3) is 10.4 Å². The van der Waals surface area contributed by atoms with Crippen LogP contribution in [-0.2, 0) is 22.5 Å². The maximum Gasteiger partial charge on any atom is 0.302 e. The number of esters is 1. The van der Waals surface area contributed by atoms with Crippen molar-refractivity contribution < 1.29 is 9.53 Å². The van der Waals surface area contributed by atoms with Gasteiger partial charge in [0.2, 0.25) is 0 Å². The third kappa shape index (κ3) is 2.62. The lowest BCUT2D eigenvalue weighted by Crippen LogP contribution is -2.15. The average molecular weight is 249 g/mol.